The lowest BCUT2D eigenvalue weighted by Crippen LogP contribution is -2.57. The summed E-state index contributed by atoms with van der Waals surface area (Å²) in [6, 6.07) is 27.0. The van der Waals surface area contributed by atoms with Crippen LogP contribution in [-0.4, -0.2) is 30.2 Å². The van der Waals surface area contributed by atoms with Crippen LogP contribution in [0.4, 0.5) is 5.69 Å². The fourth-order valence-electron chi connectivity index (χ4n) is 6.60. The van der Waals surface area contributed by atoms with Gasteiger partial charge in [-0.1, -0.05) is 60.1 Å². The van der Waals surface area contributed by atoms with Crippen molar-refractivity contribution in [2.75, 3.05) is 11.5 Å². The highest BCUT2D eigenvalue weighted by atomic mass is 35.5. The van der Waals surface area contributed by atoms with Crippen LogP contribution in [0.5, 0.6) is 0 Å². The number of ether oxygens (including phenoxy) is 1. The van der Waals surface area contributed by atoms with Crippen LogP contribution < -0.4 is 4.90 Å². The number of benzene rings is 4. The monoisotopic (exact) mass is 615 g/mol. The van der Waals surface area contributed by atoms with E-state index in [9.17, 15) is 19.2 Å². The SMILES string of the molecule is O=C(COC(=O)c1ccc(N2C(=O)[C@H]3[C@H](C2=O)C2(Cl)c4ccccc4C3(Cl)c3ccccc32)cc1)c1ccc(Cl)cc1. The highest BCUT2D eigenvalue weighted by molar-refractivity contribution is 6.38. The predicted octanol–water partition coefficient (Wildman–Crippen LogP) is 6.48. The molecule has 1 fully saturated rings. The molecule has 4 aromatic rings. The van der Waals surface area contributed by atoms with E-state index >= 15 is 0 Å². The Morgan fingerprint density at radius 1 is 0.667 bits per heavy atom. The summed E-state index contributed by atoms with van der Waals surface area (Å²) in [5.41, 5.74) is 3.67. The molecule has 208 valence electrons. The Morgan fingerprint density at radius 3 is 1.55 bits per heavy atom. The minimum atomic E-state index is -1.28. The van der Waals surface area contributed by atoms with Crippen LogP contribution in [0.25, 0.3) is 0 Å². The number of halogens is 3. The lowest BCUT2D eigenvalue weighted by Gasteiger charge is -2.54. The van der Waals surface area contributed by atoms with Crippen molar-refractivity contribution < 1.29 is 23.9 Å². The molecule has 0 radical (unpaired) electrons. The van der Waals surface area contributed by atoms with Gasteiger partial charge in [0, 0.05) is 10.6 Å². The Bertz CT molecular complexity index is 1700. The quantitative estimate of drug-likeness (QED) is 0.111. The number of esters is 1. The van der Waals surface area contributed by atoms with E-state index in [1.165, 1.54) is 24.3 Å². The van der Waals surface area contributed by atoms with Crippen LogP contribution >= 0.6 is 34.8 Å². The van der Waals surface area contributed by atoms with E-state index in [1.54, 1.807) is 24.3 Å². The zero-order chi connectivity index (χ0) is 29.4. The van der Waals surface area contributed by atoms with Crippen molar-refractivity contribution in [3.63, 3.8) is 0 Å². The van der Waals surface area contributed by atoms with Gasteiger partial charge in [-0.05, 0) is 70.8 Å². The fourth-order valence-corrected chi connectivity index (χ4v) is 7.83. The van der Waals surface area contributed by atoms with Crippen molar-refractivity contribution in [2.45, 2.75) is 9.75 Å². The van der Waals surface area contributed by atoms with Crippen LogP contribution in [-0.2, 0) is 24.1 Å². The second-order valence-electron chi connectivity index (χ2n) is 10.5. The predicted molar refractivity (Wildman–Crippen MR) is 158 cm³/mol. The molecule has 0 saturated carbocycles. The van der Waals surface area contributed by atoms with Gasteiger partial charge in [0.05, 0.1) is 23.1 Å². The van der Waals surface area contributed by atoms with Gasteiger partial charge in [-0.15, -0.1) is 23.2 Å². The maximum atomic E-state index is 14.1. The molecule has 0 spiro atoms. The average molecular weight is 617 g/mol. The number of alkyl halides is 2. The van der Waals surface area contributed by atoms with Crippen molar-refractivity contribution in [2.24, 2.45) is 11.8 Å². The average Bonchev–Trinajstić information content (AvgIpc) is 3.29. The fraction of sp³-hybridized carbons (Fsp3) is 0.152. The summed E-state index contributed by atoms with van der Waals surface area (Å²) in [5.74, 6) is -3.89. The number of hydrogen-bond acceptors (Lipinski definition) is 5. The molecule has 6 nitrogen and oxygen atoms in total. The van der Waals surface area contributed by atoms with Gasteiger partial charge < -0.3 is 4.74 Å². The number of amides is 2. The van der Waals surface area contributed by atoms with Crippen LogP contribution in [0.2, 0.25) is 5.02 Å². The van der Waals surface area contributed by atoms with Crippen molar-refractivity contribution in [1.82, 2.24) is 0 Å². The normalized spacial score (nSPS) is 25.1. The Morgan fingerprint density at radius 2 is 1.10 bits per heavy atom. The summed E-state index contributed by atoms with van der Waals surface area (Å²) in [6.07, 6.45) is 0. The van der Waals surface area contributed by atoms with Crippen LogP contribution in [0, 0.1) is 11.8 Å². The van der Waals surface area contributed by atoms with Crippen molar-refractivity contribution >= 4 is 64.1 Å². The molecule has 1 saturated heterocycles. The molecule has 4 aliphatic rings. The zero-order valence-corrected chi connectivity index (χ0v) is 24.0. The van der Waals surface area contributed by atoms with E-state index in [-0.39, 0.29) is 17.0 Å². The lowest BCUT2D eigenvalue weighted by atomic mass is 9.54. The highest BCUT2D eigenvalue weighted by Gasteiger charge is 2.73. The third-order valence-corrected chi connectivity index (χ3v) is 9.98. The summed E-state index contributed by atoms with van der Waals surface area (Å²) in [5, 5.41) is 0.488. The van der Waals surface area contributed by atoms with E-state index in [1.807, 2.05) is 48.5 Å². The first-order valence-electron chi connectivity index (χ1n) is 13.2. The number of carbonyl (C=O) groups excluding carboxylic acids is 4. The Kier molecular flexibility index (Phi) is 6.10. The Balaban J connectivity index is 1.18. The molecular weight excluding hydrogens is 597 g/mol. The summed E-state index contributed by atoms with van der Waals surface area (Å²) in [4.78, 5) is 51.7. The van der Waals surface area contributed by atoms with Crippen molar-refractivity contribution in [1.29, 1.82) is 0 Å². The minimum absolute atomic E-state index is 0.154. The summed E-state index contributed by atoms with van der Waals surface area (Å²) in [7, 11) is 0. The first-order valence-corrected chi connectivity index (χ1v) is 14.3. The topological polar surface area (TPSA) is 80.8 Å². The second kappa shape index (κ2) is 9.53. The van der Waals surface area contributed by atoms with E-state index in [4.69, 9.17) is 39.5 Å². The second-order valence-corrected chi connectivity index (χ2v) is 12.2. The van der Waals surface area contributed by atoms with Gasteiger partial charge in [-0.3, -0.25) is 14.4 Å². The van der Waals surface area contributed by atoms with Gasteiger partial charge >= 0.3 is 5.97 Å². The summed E-state index contributed by atoms with van der Waals surface area (Å²) < 4.78 is 5.19. The Labute approximate surface area is 255 Å². The van der Waals surface area contributed by atoms with Gasteiger partial charge in [0.25, 0.3) is 0 Å². The number of carbonyl (C=O) groups is 4. The van der Waals surface area contributed by atoms with E-state index in [0.29, 0.717) is 10.6 Å². The van der Waals surface area contributed by atoms with Gasteiger partial charge in [0.15, 0.2) is 12.4 Å². The van der Waals surface area contributed by atoms with Gasteiger partial charge in [-0.2, -0.15) is 0 Å². The molecule has 42 heavy (non-hydrogen) atoms. The van der Waals surface area contributed by atoms with Crippen LogP contribution in [0.15, 0.2) is 97.1 Å². The van der Waals surface area contributed by atoms with E-state index in [2.05, 4.69) is 0 Å². The zero-order valence-electron chi connectivity index (χ0n) is 21.7. The van der Waals surface area contributed by atoms with E-state index in [0.717, 1.165) is 27.2 Å². The number of hydrogen-bond donors (Lipinski definition) is 0. The Hall–Kier alpha value is -3.97. The molecule has 9 heteroatoms. The minimum Gasteiger partial charge on any atom is -0.454 e. The first kappa shape index (κ1) is 26.9. The number of Topliss-reactive ketones (excluding diaryl/α,β-unsaturated/α-hetero) is 1. The summed E-state index contributed by atoms with van der Waals surface area (Å²) in [6.45, 7) is -0.453. The molecule has 4 aromatic carbocycles. The van der Waals surface area contributed by atoms with Crippen LogP contribution in [0.1, 0.15) is 43.0 Å². The molecule has 1 heterocycles. The summed E-state index contributed by atoms with van der Waals surface area (Å²) >= 11 is 20.8. The van der Waals surface area contributed by atoms with Crippen LogP contribution in [0.3, 0.4) is 0 Å². The molecule has 2 bridgehead atoms. The molecule has 0 unspecified atom stereocenters. The number of rotatable bonds is 5. The number of nitrogens with zero attached hydrogens (tertiary/aromatic N) is 1. The molecule has 3 aliphatic carbocycles. The third kappa shape index (κ3) is 3.59. The van der Waals surface area contributed by atoms with Gasteiger partial charge in [-0.25, -0.2) is 9.69 Å². The molecule has 8 rings (SSSR count). The maximum Gasteiger partial charge on any atom is 0.338 e. The number of anilines is 1. The molecule has 2 atom stereocenters. The largest absolute Gasteiger partial charge is 0.454 e. The lowest BCUT2D eigenvalue weighted by molar-refractivity contribution is -0.122. The van der Waals surface area contributed by atoms with Crippen molar-refractivity contribution in [3.05, 3.63) is 135 Å². The smallest absolute Gasteiger partial charge is 0.338 e. The van der Waals surface area contributed by atoms with Gasteiger partial charge in [0.2, 0.25) is 11.8 Å². The van der Waals surface area contributed by atoms with Crippen molar-refractivity contribution in [3.8, 4) is 0 Å². The maximum absolute atomic E-state index is 14.1. The molecule has 1 aliphatic heterocycles. The molecule has 0 aromatic heterocycles. The van der Waals surface area contributed by atoms with E-state index < -0.39 is 46.0 Å². The number of ketones is 1. The molecular formula is C33H20Cl3NO5. The number of imide groups is 1. The molecule has 2 amide bonds. The third-order valence-electron chi connectivity index (χ3n) is 8.45. The standard InChI is InChI=1S/C33H20Cl3NO5/c34-20-13-9-18(10-14-20)26(38)17-42-31(41)19-11-15-21(16-12-19)37-29(39)27-28(30(37)40)33(36)23-6-2-1-5-22(23)32(27,35)24-7-3-4-8-25(24)33/h1-16,27-28H,17H2/t27-,28-,32?,33?/m1/s1. The van der Waals surface area contributed by atoms with Gasteiger partial charge in [0.1, 0.15) is 9.75 Å². The highest BCUT2D eigenvalue weighted by Crippen LogP contribution is 2.69. The molecule has 0 N–H and O–H groups in total. The first-order chi connectivity index (χ1) is 20.2.